The van der Waals surface area contributed by atoms with Gasteiger partial charge in [0.25, 0.3) is 0 Å². The smallest absolute Gasteiger partial charge is 0.231 e. The molecule has 1 amide bonds. The lowest BCUT2D eigenvalue weighted by molar-refractivity contribution is -0.117. The summed E-state index contributed by atoms with van der Waals surface area (Å²) in [4.78, 5) is 9.97. The lowest BCUT2D eigenvalue weighted by Gasteiger charge is -1.93. The Kier molecular flexibility index (Phi) is 7.29. The molecule has 0 aliphatic carbocycles. The molecule has 0 spiro atoms. The maximum atomic E-state index is 10.1. The monoisotopic (exact) mass is 181 g/mol. The van der Waals surface area contributed by atoms with Crippen LogP contribution in [0.1, 0.15) is 27.2 Å². The van der Waals surface area contributed by atoms with Crippen LogP contribution in [0.4, 0.5) is 0 Å². The Morgan fingerprint density at radius 1 is 1.36 bits per heavy atom. The predicted molar refractivity (Wildman–Crippen MR) is 44.6 cm³/mol. The Morgan fingerprint density at radius 3 is 1.64 bits per heavy atom. The molecule has 0 saturated carbocycles. The third-order valence-corrected chi connectivity index (χ3v) is 0.987. The van der Waals surface area contributed by atoms with Gasteiger partial charge >= 0.3 is 0 Å². The Labute approximate surface area is 68.0 Å². The van der Waals surface area contributed by atoms with E-state index in [1.54, 1.807) is 4.72 Å². The topological polar surface area (TPSA) is 63.2 Å². The maximum Gasteiger partial charge on any atom is 0.231 e. The van der Waals surface area contributed by atoms with Crippen LogP contribution in [-0.4, -0.2) is 20.6 Å². The maximum absolute atomic E-state index is 10.1. The van der Waals surface area contributed by atoms with Crippen molar-refractivity contribution in [3.8, 4) is 0 Å². The molecular weight excluding hydrogens is 166 g/mol. The number of sulfonamides is 1. The van der Waals surface area contributed by atoms with Crippen LogP contribution in [0, 0.1) is 0 Å². The largest absolute Gasteiger partial charge is 0.274 e. The standard InChI is InChI=1S/C3H7NO3S.C3H8/c1-3(5)4-8(2,6)7;1-3-2/h1-2H3,(H,4,5);3H2,1-2H3. The van der Waals surface area contributed by atoms with Gasteiger partial charge in [0, 0.05) is 6.92 Å². The van der Waals surface area contributed by atoms with Crippen molar-refractivity contribution in [3.63, 3.8) is 0 Å². The highest BCUT2D eigenvalue weighted by molar-refractivity contribution is 7.89. The zero-order valence-corrected chi connectivity index (χ0v) is 8.16. The van der Waals surface area contributed by atoms with E-state index in [0.29, 0.717) is 0 Å². The molecule has 0 atom stereocenters. The van der Waals surface area contributed by atoms with Crippen LogP contribution in [0.5, 0.6) is 0 Å². The van der Waals surface area contributed by atoms with Gasteiger partial charge in [0.2, 0.25) is 15.9 Å². The van der Waals surface area contributed by atoms with Crippen molar-refractivity contribution < 1.29 is 13.2 Å². The zero-order chi connectivity index (χ0) is 9.49. The molecule has 0 aromatic rings. The SMILES string of the molecule is CC(=O)NS(C)(=O)=O.CCC. The van der Waals surface area contributed by atoms with E-state index in [-0.39, 0.29) is 0 Å². The molecule has 0 unspecified atom stereocenters. The molecule has 0 bridgehead atoms. The highest BCUT2D eigenvalue weighted by atomic mass is 32.2. The van der Waals surface area contributed by atoms with Crippen LogP contribution in [0.25, 0.3) is 0 Å². The molecule has 0 aliphatic rings. The van der Waals surface area contributed by atoms with Crippen LogP contribution in [0.15, 0.2) is 0 Å². The third-order valence-electron chi connectivity index (χ3n) is 0.329. The number of hydrogen-bond acceptors (Lipinski definition) is 3. The Bertz CT molecular complexity index is 196. The van der Waals surface area contributed by atoms with Crippen molar-refractivity contribution in [2.24, 2.45) is 0 Å². The average Bonchev–Trinajstić information content (AvgIpc) is 1.57. The van der Waals surface area contributed by atoms with Gasteiger partial charge in [-0.2, -0.15) is 0 Å². The van der Waals surface area contributed by atoms with Crippen molar-refractivity contribution in [1.29, 1.82) is 0 Å². The van der Waals surface area contributed by atoms with E-state index in [4.69, 9.17) is 0 Å². The van der Waals surface area contributed by atoms with Crippen LogP contribution in [0.2, 0.25) is 0 Å². The fraction of sp³-hybridized carbons (Fsp3) is 0.833. The second-order valence-corrected chi connectivity index (χ2v) is 3.89. The van der Waals surface area contributed by atoms with E-state index in [1.165, 1.54) is 6.42 Å². The van der Waals surface area contributed by atoms with E-state index in [9.17, 15) is 13.2 Å². The molecule has 0 saturated heterocycles. The molecule has 0 heterocycles. The third kappa shape index (κ3) is 26.5. The van der Waals surface area contributed by atoms with Crippen molar-refractivity contribution >= 4 is 15.9 Å². The van der Waals surface area contributed by atoms with Gasteiger partial charge in [0.1, 0.15) is 0 Å². The number of carbonyl (C=O) groups excluding carboxylic acids is 1. The summed E-state index contributed by atoms with van der Waals surface area (Å²) in [6.07, 6.45) is 2.17. The minimum atomic E-state index is -3.32. The molecule has 0 fully saturated rings. The summed E-state index contributed by atoms with van der Waals surface area (Å²) in [5.74, 6) is -0.562. The van der Waals surface area contributed by atoms with Crippen LogP contribution in [0.3, 0.4) is 0 Å². The fourth-order valence-corrected chi connectivity index (χ4v) is 0.783. The summed E-state index contributed by atoms with van der Waals surface area (Å²) in [5, 5.41) is 0. The van der Waals surface area contributed by atoms with Gasteiger partial charge in [-0.05, 0) is 0 Å². The van der Waals surface area contributed by atoms with Crippen molar-refractivity contribution in [3.05, 3.63) is 0 Å². The molecule has 0 rings (SSSR count). The van der Waals surface area contributed by atoms with Gasteiger partial charge < -0.3 is 0 Å². The van der Waals surface area contributed by atoms with Gasteiger partial charge in [0.05, 0.1) is 6.26 Å². The molecule has 1 N–H and O–H groups in total. The fourth-order valence-electron chi connectivity index (χ4n) is 0.261. The quantitative estimate of drug-likeness (QED) is 0.640. The first-order chi connectivity index (χ1) is 4.83. The summed E-state index contributed by atoms with van der Waals surface area (Å²) < 4.78 is 21.9. The number of carbonyl (C=O) groups is 1. The Morgan fingerprint density at radius 2 is 1.64 bits per heavy atom. The Hall–Kier alpha value is -0.580. The van der Waals surface area contributed by atoms with Gasteiger partial charge in [-0.3, -0.25) is 9.52 Å². The average molecular weight is 181 g/mol. The number of amides is 1. The van der Waals surface area contributed by atoms with E-state index in [1.807, 2.05) is 0 Å². The van der Waals surface area contributed by atoms with E-state index in [0.717, 1.165) is 13.2 Å². The number of hydrogen-bond donors (Lipinski definition) is 1. The molecule has 4 nitrogen and oxygen atoms in total. The molecule has 68 valence electrons. The second-order valence-electron chi connectivity index (χ2n) is 2.14. The van der Waals surface area contributed by atoms with Crippen molar-refractivity contribution in [2.45, 2.75) is 27.2 Å². The summed E-state index contributed by atoms with van der Waals surface area (Å²) in [6.45, 7) is 5.39. The molecule has 5 heteroatoms. The van der Waals surface area contributed by atoms with E-state index < -0.39 is 15.9 Å². The highest BCUT2D eigenvalue weighted by Gasteiger charge is 1.99. The van der Waals surface area contributed by atoms with Gasteiger partial charge in [-0.1, -0.05) is 20.3 Å². The van der Waals surface area contributed by atoms with Crippen LogP contribution in [-0.2, 0) is 14.8 Å². The molecule has 0 aliphatic heterocycles. The summed E-state index contributed by atoms with van der Waals surface area (Å²) in [5.41, 5.74) is 0. The van der Waals surface area contributed by atoms with Crippen LogP contribution >= 0.6 is 0 Å². The van der Waals surface area contributed by atoms with E-state index in [2.05, 4.69) is 13.8 Å². The van der Waals surface area contributed by atoms with Crippen molar-refractivity contribution in [2.75, 3.05) is 6.26 Å². The first-order valence-corrected chi connectivity index (χ1v) is 5.21. The van der Waals surface area contributed by atoms with E-state index >= 15 is 0 Å². The molecule has 0 radical (unpaired) electrons. The summed E-state index contributed by atoms with van der Waals surface area (Å²) in [7, 11) is -3.32. The second kappa shape index (κ2) is 6.15. The Balaban J connectivity index is 0. The predicted octanol–water partition coefficient (Wildman–Crippen LogP) is 0.498. The minimum Gasteiger partial charge on any atom is -0.274 e. The van der Waals surface area contributed by atoms with Gasteiger partial charge in [-0.15, -0.1) is 0 Å². The van der Waals surface area contributed by atoms with Crippen LogP contribution < -0.4 is 4.72 Å². The summed E-state index contributed by atoms with van der Waals surface area (Å²) >= 11 is 0. The summed E-state index contributed by atoms with van der Waals surface area (Å²) in [6, 6.07) is 0. The van der Waals surface area contributed by atoms with Gasteiger partial charge in [0.15, 0.2) is 0 Å². The molecular formula is C6H15NO3S. The number of nitrogens with one attached hydrogen (secondary N) is 1. The highest BCUT2D eigenvalue weighted by Crippen LogP contribution is 1.70. The number of rotatable bonds is 1. The molecule has 0 aromatic carbocycles. The zero-order valence-electron chi connectivity index (χ0n) is 7.34. The molecule has 0 aromatic heterocycles. The minimum absolute atomic E-state index is 0.562. The van der Waals surface area contributed by atoms with Gasteiger partial charge in [-0.25, -0.2) is 8.42 Å². The molecule has 11 heavy (non-hydrogen) atoms. The van der Waals surface area contributed by atoms with Crippen molar-refractivity contribution in [1.82, 2.24) is 4.72 Å². The first-order valence-electron chi connectivity index (χ1n) is 3.31. The lowest BCUT2D eigenvalue weighted by Crippen LogP contribution is -2.26. The normalized spacial score (nSPS) is 9.45. The first kappa shape index (κ1) is 13.0. The lowest BCUT2D eigenvalue weighted by atomic mass is 10.6.